The molecule has 0 saturated carbocycles. The van der Waals surface area contributed by atoms with E-state index >= 15 is 0 Å². The fraction of sp³-hybridized carbons (Fsp3) is 0.154. The molecule has 0 saturated heterocycles. The van der Waals surface area contributed by atoms with Gasteiger partial charge >= 0.3 is 0 Å². The van der Waals surface area contributed by atoms with Crippen molar-refractivity contribution in [2.75, 3.05) is 5.73 Å². The monoisotopic (exact) mass is 275 g/mol. The van der Waals surface area contributed by atoms with Gasteiger partial charge in [0.05, 0.1) is 5.69 Å². The number of nitrogen functional groups attached to an aromatic ring is 1. The van der Waals surface area contributed by atoms with Gasteiger partial charge in [-0.3, -0.25) is 4.40 Å². The Balaban J connectivity index is 1.77. The summed E-state index contributed by atoms with van der Waals surface area (Å²) in [5.41, 5.74) is 9.13. The molecule has 18 heavy (non-hydrogen) atoms. The summed E-state index contributed by atoms with van der Waals surface area (Å²) >= 11 is 3.39. The highest BCUT2D eigenvalue weighted by atomic mass is 32.2. The molecule has 2 aromatic heterocycles. The molecular weight excluding hydrogens is 262 g/mol. The molecule has 0 aliphatic carbocycles. The number of fused-ring (bicyclic) bond motifs is 1. The van der Waals surface area contributed by atoms with Crippen LogP contribution in [0.2, 0.25) is 0 Å². The van der Waals surface area contributed by atoms with Gasteiger partial charge in [-0.1, -0.05) is 6.07 Å². The first kappa shape index (κ1) is 11.6. The molecule has 92 valence electrons. The van der Waals surface area contributed by atoms with Gasteiger partial charge in [0.2, 0.25) is 0 Å². The zero-order chi connectivity index (χ0) is 12.5. The van der Waals surface area contributed by atoms with Crippen LogP contribution in [0.5, 0.6) is 0 Å². The minimum atomic E-state index is 0.839. The van der Waals surface area contributed by atoms with Crippen LogP contribution in [0.3, 0.4) is 0 Å². The Morgan fingerprint density at radius 1 is 1.44 bits per heavy atom. The smallest absolute Gasteiger partial charge is 0.193 e. The highest BCUT2D eigenvalue weighted by molar-refractivity contribution is 7.98. The average molecular weight is 275 g/mol. The summed E-state index contributed by atoms with van der Waals surface area (Å²) < 4.78 is 2.06. The number of anilines is 1. The third-order valence-electron chi connectivity index (χ3n) is 2.69. The normalized spacial score (nSPS) is 11.2. The van der Waals surface area contributed by atoms with Gasteiger partial charge in [-0.2, -0.15) is 0 Å². The molecule has 5 heteroatoms. The van der Waals surface area contributed by atoms with E-state index in [0.29, 0.717) is 0 Å². The van der Waals surface area contributed by atoms with Gasteiger partial charge in [0, 0.05) is 34.1 Å². The zero-order valence-electron chi connectivity index (χ0n) is 9.96. The lowest BCUT2D eigenvalue weighted by atomic mass is 10.2. The Labute approximate surface area is 114 Å². The summed E-state index contributed by atoms with van der Waals surface area (Å²) in [7, 11) is 0. The summed E-state index contributed by atoms with van der Waals surface area (Å²) in [6.07, 6.45) is 4.10. The van der Waals surface area contributed by atoms with Crippen LogP contribution in [0.25, 0.3) is 4.96 Å². The first-order valence-electron chi connectivity index (χ1n) is 5.62. The van der Waals surface area contributed by atoms with Crippen LogP contribution in [0, 0.1) is 6.92 Å². The van der Waals surface area contributed by atoms with Gasteiger partial charge in [-0.05, 0) is 24.6 Å². The predicted octanol–water partition coefficient (Wildman–Crippen LogP) is 3.58. The molecule has 2 N–H and O–H groups in total. The molecule has 0 atom stereocenters. The van der Waals surface area contributed by atoms with E-state index < -0.39 is 0 Å². The van der Waals surface area contributed by atoms with Crippen molar-refractivity contribution in [3.8, 4) is 0 Å². The maximum Gasteiger partial charge on any atom is 0.193 e. The van der Waals surface area contributed by atoms with Gasteiger partial charge in [-0.25, -0.2) is 4.98 Å². The Morgan fingerprint density at radius 2 is 2.33 bits per heavy atom. The van der Waals surface area contributed by atoms with E-state index in [0.717, 1.165) is 27.0 Å². The van der Waals surface area contributed by atoms with Crippen LogP contribution in [-0.4, -0.2) is 9.38 Å². The van der Waals surface area contributed by atoms with E-state index in [1.54, 1.807) is 23.1 Å². The van der Waals surface area contributed by atoms with Crippen molar-refractivity contribution in [3.63, 3.8) is 0 Å². The number of aromatic nitrogens is 2. The predicted molar refractivity (Wildman–Crippen MR) is 78.2 cm³/mol. The second-order valence-corrected chi connectivity index (χ2v) is 6.05. The van der Waals surface area contributed by atoms with Crippen LogP contribution in [0.15, 0.2) is 40.9 Å². The lowest BCUT2D eigenvalue weighted by Crippen LogP contribution is -1.90. The van der Waals surface area contributed by atoms with Crippen LogP contribution >= 0.6 is 23.1 Å². The van der Waals surface area contributed by atoms with E-state index in [-0.39, 0.29) is 0 Å². The first-order chi connectivity index (χ1) is 8.72. The minimum absolute atomic E-state index is 0.839. The molecule has 0 aliphatic heterocycles. The molecule has 3 aromatic rings. The van der Waals surface area contributed by atoms with Gasteiger partial charge in [0.1, 0.15) is 0 Å². The number of hydrogen-bond donors (Lipinski definition) is 1. The van der Waals surface area contributed by atoms with Crippen molar-refractivity contribution in [1.29, 1.82) is 0 Å². The lowest BCUT2D eigenvalue weighted by Gasteiger charge is -2.05. The summed E-state index contributed by atoms with van der Waals surface area (Å²) in [6, 6.07) is 6.12. The molecule has 0 amide bonds. The minimum Gasteiger partial charge on any atom is -0.398 e. The van der Waals surface area contributed by atoms with Crippen molar-refractivity contribution < 1.29 is 0 Å². The maximum absolute atomic E-state index is 5.96. The molecule has 1 aromatic carbocycles. The fourth-order valence-electron chi connectivity index (χ4n) is 1.76. The highest BCUT2D eigenvalue weighted by Gasteiger charge is 2.05. The maximum atomic E-state index is 5.96. The molecule has 2 heterocycles. The van der Waals surface area contributed by atoms with Crippen LogP contribution < -0.4 is 5.73 Å². The third-order valence-corrected chi connectivity index (χ3v) is 4.56. The number of benzene rings is 1. The molecule has 0 bridgehead atoms. The molecule has 0 radical (unpaired) electrons. The molecule has 3 rings (SSSR count). The topological polar surface area (TPSA) is 43.3 Å². The van der Waals surface area contributed by atoms with Gasteiger partial charge in [0.15, 0.2) is 4.96 Å². The Kier molecular flexibility index (Phi) is 3.01. The number of hydrogen-bond acceptors (Lipinski definition) is 4. The second-order valence-electron chi connectivity index (χ2n) is 4.16. The van der Waals surface area contributed by atoms with Gasteiger partial charge < -0.3 is 5.73 Å². The molecule has 0 unspecified atom stereocenters. The highest BCUT2D eigenvalue weighted by Crippen LogP contribution is 2.29. The largest absolute Gasteiger partial charge is 0.398 e. The zero-order valence-corrected chi connectivity index (χ0v) is 11.6. The summed E-state index contributed by atoms with van der Waals surface area (Å²) in [5.74, 6) is 0.849. The number of thioether (sulfide) groups is 1. The number of nitrogens with zero attached hydrogens (tertiary/aromatic N) is 2. The number of nitrogens with two attached hydrogens (primary N) is 1. The SMILES string of the molecule is Cc1ccc(N)c(SCc2cn3ccsc3n2)c1. The van der Waals surface area contributed by atoms with Crippen molar-refractivity contribution >= 4 is 33.7 Å². The Bertz CT molecular complexity index is 656. The van der Waals surface area contributed by atoms with Gasteiger partial charge in [0.25, 0.3) is 0 Å². The standard InChI is InChI=1S/C13H13N3S2/c1-9-2-3-11(14)12(6-9)18-8-10-7-16-4-5-17-13(16)15-10/h2-7H,8,14H2,1H3. The molecule has 0 spiro atoms. The number of imidazole rings is 1. The van der Waals surface area contributed by atoms with Crippen molar-refractivity contribution in [1.82, 2.24) is 9.38 Å². The van der Waals surface area contributed by atoms with Crippen molar-refractivity contribution in [2.45, 2.75) is 17.6 Å². The van der Waals surface area contributed by atoms with E-state index in [4.69, 9.17) is 5.73 Å². The third kappa shape index (κ3) is 2.23. The van der Waals surface area contributed by atoms with Crippen LogP contribution in [-0.2, 0) is 5.75 Å². The lowest BCUT2D eigenvalue weighted by molar-refractivity contribution is 1.21. The summed E-state index contributed by atoms with van der Waals surface area (Å²) in [6.45, 7) is 2.08. The van der Waals surface area contributed by atoms with E-state index in [1.165, 1.54) is 5.56 Å². The Hall–Kier alpha value is -1.46. The van der Waals surface area contributed by atoms with Gasteiger partial charge in [-0.15, -0.1) is 23.1 Å². The van der Waals surface area contributed by atoms with E-state index in [2.05, 4.69) is 28.6 Å². The average Bonchev–Trinajstić information content (AvgIpc) is 2.90. The first-order valence-corrected chi connectivity index (χ1v) is 7.49. The summed E-state index contributed by atoms with van der Waals surface area (Å²) in [4.78, 5) is 6.73. The van der Waals surface area contributed by atoms with E-state index in [1.807, 2.05) is 23.7 Å². The van der Waals surface area contributed by atoms with E-state index in [9.17, 15) is 0 Å². The van der Waals surface area contributed by atoms with Crippen molar-refractivity contribution in [3.05, 3.63) is 47.2 Å². The summed E-state index contributed by atoms with van der Waals surface area (Å²) in [5, 5.41) is 2.04. The number of thiazole rings is 1. The molecule has 0 fully saturated rings. The van der Waals surface area contributed by atoms with Crippen LogP contribution in [0.1, 0.15) is 11.3 Å². The Morgan fingerprint density at radius 3 is 3.17 bits per heavy atom. The molecule has 0 aliphatic rings. The van der Waals surface area contributed by atoms with Crippen molar-refractivity contribution in [2.24, 2.45) is 0 Å². The fourth-order valence-corrected chi connectivity index (χ4v) is 3.43. The quantitative estimate of drug-likeness (QED) is 0.587. The molecular formula is C13H13N3S2. The number of aryl methyl sites for hydroxylation is 1. The number of rotatable bonds is 3. The molecule has 3 nitrogen and oxygen atoms in total. The van der Waals surface area contributed by atoms with Crippen LogP contribution in [0.4, 0.5) is 5.69 Å². The second kappa shape index (κ2) is 4.66.